The third-order valence-electron chi connectivity index (χ3n) is 6.55. The normalized spacial score (nSPS) is 16.8. The molecule has 1 aromatic heterocycles. The number of aromatic nitrogens is 1. The van der Waals surface area contributed by atoms with Crippen molar-refractivity contribution in [3.63, 3.8) is 0 Å². The number of aryl methyl sites for hydroxylation is 2. The Bertz CT molecular complexity index is 1330. The number of aliphatic hydroxyl groups is 1. The highest BCUT2D eigenvalue weighted by Gasteiger charge is 2.46. The lowest BCUT2D eigenvalue weighted by molar-refractivity contribution is -0.140. The molecule has 7 nitrogen and oxygen atoms in total. The number of benzene rings is 2. The molecule has 0 radical (unpaired) electrons. The van der Waals surface area contributed by atoms with Gasteiger partial charge in [-0.25, -0.2) is 0 Å². The molecule has 0 saturated carbocycles. The molecule has 0 spiro atoms. The van der Waals surface area contributed by atoms with Crippen molar-refractivity contribution in [2.45, 2.75) is 46.2 Å². The molecule has 3 aromatic rings. The number of carbonyl (C=O) groups excluding carboxylic acids is 2. The van der Waals surface area contributed by atoms with Crippen LogP contribution in [0.5, 0.6) is 11.5 Å². The molecule has 2 aromatic carbocycles. The predicted octanol–water partition coefficient (Wildman–Crippen LogP) is 5.51. The van der Waals surface area contributed by atoms with Crippen LogP contribution >= 0.6 is 0 Å². The molecule has 1 N–H and O–H groups in total. The number of hydrogen-bond acceptors (Lipinski definition) is 6. The molecule has 1 aliphatic rings. The van der Waals surface area contributed by atoms with Crippen LogP contribution in [0.15, 0.2) is 66.5 Å². The van der Waals surface area contributed by atoms with Crippen LogP contribution in [0.25, 0.3) is 5.76 Å². The molecule has 4 rings (SSSR count). The Labute approximate surface area is 217 Å². The van der Waals surface area contributed by atoms with E-state index in [1.165, 1.54) is 4.90 Å². The number of aliphatic hydroxyl groups excluding tert-OH is 1. The number of ether oxygens (including phenoxy) is 2. The van der Waals surface area contributed by atoms with Crippen molar-refractivity contribution in [2.75, 3.05) is 13.7 Å². The van der Waals surface area contributed by atoms with Crippen molar-refractivity contribution in [1.29, 1.82) is 0 Å². The highest BCUT2D eigenvalue weighted by molar-refractivity contribution is 6.46. The van der Waals surface area contributed by atoms with Gasteiger partial charge in [0.05, 0.1) is 25.3 Å². The van der Waals surface area contributed by atoms with Crippen LogP contribution in [0, 0.1) is 13.8 Å². The summed E-state index contributed by atoms with van der Waals surface area (Å²) in [6.07, 6.45) is 5.19. The molecule has 1 amide bonds. The van der Waals surface area contributed by atoms with Crippen LogP contribution in [0.4, 0.5) is 0 Å². The number of pyridine rings is 1. The SMILES string of the molecule is CCCCOc1ccc(C2C(=C(O)c3cc(C)ccc3C)C(=O)C(=O)N2Cc2ccncc2)cc1OC. The topological polar surface area (TPSA) is 89.0 Å². The second-order valence-corrected chi connectivity index (χ2v) is 9.21. The van der Waals surface area contributed by atoms with Crippen molar-refractivity contribution in [3.05, 3.63) is 94.3 Å². The monoisotopic (exact) mass is 500 g/mol. The van der Waals surface area contributed by atoms with Crippen LogP contribution in [0.3, 0.4) is 0 Å². The Morgan fingerprint density at radius 1 is 1.03 bits per heavy atom. The minimum atomic E-state index is -0.813. The standard InChI is InChI=1S/C30H32N2O5/c1-5-6-15-37-24-10-9-22(17-25(24)36-4)27-26(28(33)23-16-19(2)7-8-20(23)3)29(34)30(35)32(27)18-21-11-13-31-14-12-21/h7-14,16-17,27,33H,5-6,15,18H2,1-4H3. The van der Waals surface area contributed by atoms with Crippen molar-refractivity contribution in [2.24, 2.45) is 0 Å². The number of unbranched alkanes of at least 4 members (excludes halogenated alkanes) is 1. The lowest BCUT2D eigenvalue weighted by Gasteiger charge is -2.26. The van der Waals surface area contributed by atoms with E-state index < -0.39 is 17.7 Å². The first kappa shape index (κ1) is 25.9. The Balaban J connectivity index is 1.86. The number of amides is 1. The fourth-order valence-electron chi connectivity index (χ4n) is 4.51. The highest BCUT2D eigenvalue weighted by Crippen LogP contribution is 2.43. The number of rotatable bonds is 9. The number of methoxy groups -OCH3 is 1. The van der Waals surface area contributed by atoms with E-state index in [0.29, 0.717) is 29.2 Å². The van der Waals surface area contributed by atoms with Gasteiger partial charge in [-0.05, 0) is 67.3 Å². The molecule has 0 bridgehead atoms. The van der Waals surface area contributed by atoms with Gasteiger partial charge >= 0.3 is 0 Å². The van der Waals surface area contributed by atoms with E-state index in [1.54, 1.807) is 43.8 Å². The zero-order valence-corrected chi connectivity index (χ0v) is 21.7. The zero-order valence-electron chi connectivity index (χ0n) is 21.7. The maximum Gasteiger partial charge on any atom is 0.295 e. The van der Waals surface area contributed by atoms with Gasteiger partial charge in [-0.1, -0.05) is 37.1 Å². The maximum absolute atomic E-state index is 13.4. The van der Waals surface area contributed by atoms with Gasteiger partial charge in [0.15, 0.2) is 11.5 Å². The van der Waals surface area contributed by atoms with Crippen LogP contribution in [-0.4, -0.2) is 40.4 Å². The lowest BCUT2D eigenvalue weighted by Crippen LogP contribution is -2.29. The maximum atomic E-state index is 13.4. The van der Waals surface area contributed by atoms with Crippen molar-refractivity contribution in [1.82, 2.24) is 9.88 Å². The largest absolute Gasteiger partial charge is 0.507 e. The summed E-state index contributed by atoms with van der Waals surface area (Å²) in [5, 5.41) is 11.5. The highest BCUT2D eigenvalue weighted by atomic mass is 16.5. The van der Waals surface area contributed by atoms with Gasteiger partial charge in [0.25, 0.3) is 11.7 Å². The average molecular weight is 501 g/mol. The molecule has 1 unspecified atom stereocenters. The second kappa shape index (κ2) is 11.3. The molecule has 37 heavy (non-hydrogen) atoms. The number of carbonyl (C=O) groups is 2. The molecule has 192 valence electrons. The first-order valence-electron chi connectivity index (χ1n) is 12.4. The number of Topliss-reactive ketones (excluding diaryl/α,β-unsaturated/α-hetero) is 1. The van der Waals surface area contributed by atoms with Gasteiger partial charge in [-0.15, -0.1) is 0 Å². The summed E-state index contributed by atoms with van der Waals surface area (Å²) in [5.74, 6) is -0.505. The third kappa shape index (κ3) is 5.35. The van der Waals surface area contributed by atoms with Crippen molar-refractivity contribution >= 4 is 17.4 Å². The number of ketones is 1. The van der Waals surface area contributed by atoms with E-state index >= 15 is 0 Å². The van der Waals surface area contributed by atoms with E-state index in [-0.39, 0.29) is 17.9 Å². The van der Waals surface area contributed by atoms with Crippen LogP contribution in [-0.2, 0) is 16.1 Å². The summed E-state index contributed by atoms with van der Waals surface area (Å²) in [5.41, 5.74) is 3.78. The zero-order chi connectivity index (χ0) is 26.5. The molecule has 2 heterocycles. The minimum absolute atomic E-state index is 0.0504. The van der Waals surface area contributed by atoms with E-state index in [2.05, 4.69) is 11.9 Å². The van der Waals surface area contributed by atoms with Crippen LogP contribution in [0.2, 0.25) is 0 Å². The van der Waals surface area contributed by atoms with Gasteiger partial charge in [-0.3, -0.25) is 14.6 Å². The summed E-state index contributed by atoms with van der Waals surface area (Å²) in [7, 11) is 1.55. The summed E-state index contributed by atoms with van der Waals surface area (Å²) < 4.78 is 11.5. The van der Waals surface area contributed by atoms with E-state index in [9.17, 15) is 14.7 Å². The molecule has 1 atom stereocenters. The fraction of sp³-hybridized carbons (Fsp3) is 0.300. The summed E-state index contributed by atoms with van der Waals surface area (Å²) in [6.45, 7) is 6.60. The van der Waals surface area contributed by atoms with E-state index in [1.807, 2.05) is 38.1 Å². The second-order valence-electron chi connectivity index (χ2n) is 9.21. The van der Waals surface area contributed by atoms with Crippen LogP contribution in [0.1, 0.15) is 53.6 Å². The van der Waals surface area contributed by atoms with Gasteiger partial charge < -0.3 is 19.5 Å². The Morgan fingerprint density at radius 2 is 1.78 bits per heavy atom. The van der Waals surface area contributed by atoms with Crippen molar-refractivity contribution < 1.29 is 24.2 Å². The lowest BCUT2D eigenvalue weighted by atomic mass is 9.93. The summed E-state index contributed by atoms with van der Waals surface area (Å²) >= 11 is 0. The Morgan fingerprint density at radius 3 is 2.49 bits per heavy atom. The molecular weight excluding hydrogens is 468 g/mol. The number of hydrogen-bond donors (Lipinski definition) is 1. The van der Waals surface area contributed by atoms with Gasteiger partial charge in [0.2, 0.25) is 0 Å². The third-order valence-corrected chi connectivity index (χ3v) is 6.55. The van der Waals surface area contributed by atoms with E-state index in [4.69, 9.17) is 9.47 Å². The molecular formula is C30H32N2O5. The molecule has 7 heteroatoms. The summed E-state index contributed by atoms with van der Waals surface area (Å²) in [4.78, 5) is 32.3. The first-order valence-corrected chi connectivity index (χ1v) is 12.4. The average Bonchev–Trinajstić information content (AvgIpc) is 3.15. The quantitative estimate of drug-likeness (QED) is 0.180. The minimum Gasteiger partial charge on any atom is -0.507 e. The number of nitrogens with zero attached hydrogens (tertiary/aromatic N) is 2. The Kier molecular flexibility index (Phi) is 7.92. The van der Waals surface area contributed by atoms with Gasteiger partial charge in [0, 0.05) is 24.5 Å². The van der Waals surface area contributed by atoms with E-state index in [0.717, 1.165) is 29.5 Å². The molecule has 1 saturated heterocycles. The first-order chi connectivity index (χ1) is 17.8. The molecule has 0 aliphatic carbocycles. The van der Waals surface area contributed by atoms with Crippen LogP contribution < -0.4 is 9.47 Å². The summed E-state index contributed by atoms with van der Waals surface area (Å²) in [6, 6.07) is 13.8. The molecule has 1 fully saturated rings. The smallest absolute Gasteiger partial charge is 0.295 e. The van der Waals surface area contributed by atoms with Crippen molar-refractivity contribution in [3.8, 4) is 11.5 Å². The van der Waals surface area contributed by atoms with Gasteiger partial charge in [0.1, 0.15) is 5.76 Å². The predicted molar refractivity (Wildman–Crippen MR) is 141 cm³/mol. The van der Waals surface area contributed by atoms with Gasteiger partial charge in [-0.2, -0.15) is 0 Å². The molecule has 1 aliphatic heterocycles. The Hall–Kier alpha value is -4.13. The number of likely N-dealkylation sites (tertiary alicyclic amines) is 1. The fourth-order valence-corrected chi connectivity index (χ4v) is 4.51.